The Morgan fingerprint density at radius 3 is 2.86 bits per heavy atom. The Kier molecular flexibility index (Phi) is 4.93. The summed E-state index contributed by atoms with van der Waals surface area (Å²) in [5.74, 6) is 0. The zero-order valence-corrected chi connectivity index (χ0v) is 14.4. The molecule has 2 aromatic heterocycles. The van der Waals surface area contributed by atoms with Gasteiger partial charge in [-0.25, -0.2) is 4.98 Å². The van der Waals surface area contributed by atoms with Crippen LogP contribution in [-0.2, 0) is 19.5 Å². The average molecular weight is 322 g/mol. The zero-order valence-electron chi connectivity index (χ0n) is 12.8. The zero-order chi connectivity index (χ0) is 14.7. The summed E-state index contributed by atoms with van der Waals surface area (Å²) in [7, 11) is 0. The fraction of sp³-hybridized carbons (Fsp3) is 0.562. The Labute approximate surface area is 135 Å². The first-order valence-electron chi connectivity index (χ1n) is 7.78. The van der Waals surface area contributed by atoms with Crippen molar-refractivity contribution in [2.45, 2.75) is 52.2 Å². The van der Waals surface area contributed by atoms with E-state index in [1.807, 2.05) is 11.3 Å². The van der Waals surface area contributed by atoms with Gasteiger partial charge in [0.05, 0.1) is 5.69 Å². The molecule has 1 saturated carbocycles. The maximum absolute atomic E-state index is 4.93. The van der Waals surface area contributed by atoms with Crippen LogP contribution in [0.4, 0.5) is 5.13 Å². The van der Waals surface area contributed by atoms with Gasteiger partial charge in [-0.15, -0.1) is 11.3 Å². The smallest absolute Gasteiger partial charge is 0.186 e. The number of hydrogen-bond donors (Lipinski definition) is 1. The molecular weight excluding hydrogens is 298 g/mol. The number of rotatable bonds is 8. The molecular formula is C16H23N3S2. The van der Waals surface area contributed by atoms with Crippen LogP contribution in [0.25, 0.3) is 0 Å². The second-order valence-electron chi connectivity index (χ2n) is 5.49. The average Bonchev–Trinajstić information content (AvgIpc) is 3.05. The van der Waals surface area contributed by atoms with E-state index in [-0.39, 0.29) is 0 Å². The number of hydrogen-bond acceptors (Lipinski definition) is 5. The number of aryl methyl sites for hydroxylation is 1. The minimum Gasteiger partial charge on any atom is -0.341 e. The molecule has 114 valence electrons. The minimum atomic E-state index is 0.702. The summed E-state index contributed by atoms with van der Waals surface area (Å²) < 4.78 is 0. The van der Waals surface area contributed by atoms with Crippen molar-refractivity contribution in [2.75, 3.05) is 11.4 Å². The van der Waals surface area contributed by atoms with E-state index in [1.165, 1.54) is 34.1 Å². The predicted molar refractivity (Wildman–Crippen MR) is 92.4 cm³/mol. The molecule has 21 heavy (non-hydrogen) atoms. The van der Waals surface area contributed by atoms with Gasteiger partial charge in [-0.2, -0.15) is 11.3 Å². The van der Waals surface area contributed by atoms with Crippen molar-refractivity contribution in [3.63, 3.8) is 0 Å². The van der Waals surface area contributed by atoms with Crippen LogP contribution in [0, 0.1) is 0 Å². The Hall–Kier alpha value is -0.910. The molecule has 2 heterocycles. The second kappa shape index (κ2) is 6.90. The highest BCUT2D eigenvalue weighted by Crippen LogP contribution is 2.37. The SMILES string of the molecule is CCNCc1sc(N(Cc2ccsc2)C2CC2)nc1CC. The molecule has 3 rings (SSSR count). The molecule has 0 bridgehead atoms. The molecule has 0 aliphatic heterocycles. The van der Waals surface area contributed by atoms with E-state index >= 15 is 0 Å². The minimum absolute atomic E-state index is 0.702. The number of nitrogens with zero attached hydrogens (tertiary/aromatic N) is 2. The van der Waals surface area contributed by atoms with Gasteiger partial charge in [0.2, 0.25) is 0 Å². The van der Waals surface area contributed by atoms with Gasteiger partial charge in [-0.3, -0.25) is 0 Å². The number of nitrogens with one attached hydrogen (secondary N) is 1. The molecule has 1 N–H and O–H groups in total. The Balaban J connectivity index is 1.80. The van der Waals surface area contributed by atoms with Crippen molar-refractivity contribution in [1.82, 2.24) is 10.3 Å². The summed E-state index contributed by atoms with van der Waals surface area (Å²) in [6.45, 7) is 7.33. The first-order valence-corrected chi connectivity index (χ1v) is 9.54. The Morgan fingerprint density at radius 2 is 2.24 bits per heavy atom. The highest BCUT2D eigenvalue weighted by molar-refractivity contribution is 7.15. The Bertz CT molecular complexity index is 558. The standard InChI is InChI=1S/C16H23N3S2/c1-3-14-15(9-17-4-2)21-16(18-14)19(13-5-6-13)10-12-7-8-20-11-12/h7-8,11,13,17H,3-6,9-10H2,1-2H3. The quantitative estimate of drug-likeness (QED) is 0.795. The molecule has 0 atom stereocenters. The summed E-state index contributed by atoms with van der Waals surface area (Å²) in [6.07, 6.45) is 3.65. The first kappa shape index (κ1) is 15.0. The van der Waals surface area contributed by atoms with Crippen LogP contribution in [0.1, 0.15) is 42.8 Å². The summed E-state index contributed by atoms with van der Waals surface area (Å²) in [5, 5.41) is 9.07. The van der Waals surface area contributed by atoms with Crippen LogP contribution in [0.5, 0.6) is 0 Å². The number of anilines is 1. The van der Waals surface area contributed by atoms with Crippen molar-refractivity contribution in [3.8, 4) is 0 Å². The van der Waals surface area contributed by atoms with Crippen LogP contribution in [-0.4, -0.2) is 17.6 Å². The van der Waals surface area contributed by atoms with E-state index in [4.69, 9.17) is 4.98 Å². The first-order chi connectivity index (χ1) is 10.3. The number of thiazole rings is 1. The summed E-state index contributed by atoms with van der Waals surface area (Å²) in [6, 6.07) is 2.93. The molecule has 0 amide bonds. The molecule has 1 aliphatic carbocycles. The molecule has 0 spiro atoms. The normalized spacial score (nSPS) is 14.6. The third-order valence-corrected chi connectivity index (χ3v) is 5.67. The molecule has 1 fully saturated rings. The van der Waals surface area contributed by atoms with Crippen LogP contribution < -0.4 is 10.2 Å². The Morgan fingerprint density at radius 1 is 1.38 bits per heavy atom. The topological polar surface area (TPSA) is 28.2 Å². The van der Waals surface area contributed by atoms with Gasteiger partial charge in [0.25, 0.3) is 0 Å². The van der Waals surface area contributed by atoms with Crippen LogP contribution in [0.2, 0.25) is 0 Å². The van der Waals surface area contributed by atoms with Crippen molar-refractivity contribution >= 4 is 27.8 Å². The molecule has 0 aromatic carbocycles. The van der Waals surface area contributed by atoms with Gasteiger partial charge in [0.15, 0.2) is 5.13 Å². The van der Waals surface area contributed by atoms with Crippen LogP contribution >= 0.6 is 22.7 Å². The van der Waals surface area contributed by atoms with E-state index < -0.39 is 0 Å². The van der Waals surface area contributed by atoms with E-state index in [2.05, 4.69) is 40.9 Å². The number of aromatic nitrogens is 1. The molecule has 3 nitrogen and oxygen atoms in total. The molecule has 0 unspecified atom stereocenters. The molecule has 5 heteroatoms. The predicted octanol–water partition coefficient (Wildman–Crippen LogP) is 4.05. The van der Waals surface area contributed by atoms with Gasteiger partial charge < -0.3 is 10.2 Å². The maximum Gasteiger partial charge on any atom is 0.186 e. The largest absolute Gasteiger partial charge is 0.341 e. The summed E-state index contributed by atoms with van der Waals surface area (Å²) in [4.78, 5) is 8.85. The van der Waals surface area contributed by atoms with Crippen molar-refractivity contribution < 1.29 is 0 Å². The summed E-state index contributed by atoms with van der Waals surface area (Å²) >= 11 is 3.66. The van der Waals surface area contributed by atoms with Gasteiger partial charge in [0.1, 0.15) is 0 Å². The fourth-order valence-corrected chi connectivity index (χ4v) is 4.31. The van der Waals surface area contributed by atoms with Gasteiger partial charge in [0, 0.05) is 24.0 Å². The molecule has 2 aromatic rings. The fourth-order valence-electron chi connectivity index (χ4n) is 2.46. The maximum atomic E-state index is 4.93. The molecule has 0 saturated heterocycles. The summed E-state index contributed by atoms with van der Waals surface area (Å²) in [5.41, 5.74) is 2.68. The van der Waals surface area contributed by atoms with E-state index in [9.17, 15) is 0 Å². The lowest BCUT2D eigenvalue weighted by atomic mass is 10.3. The van der Waals surface area contributed by atoms with Gasteiger partial charge in [-0.1, -0.05) is 13.8 Å². The third-order valence-electron chi connectivity index (χ3n) is 3.80. The highest BCUT2D eigenvalue weighted by atomic mass is 32.1. The van der Waals surface area contributed by atoms with Gasteiger partial charge in [-0.05, 0) is 48.2 Å². The van der Waals surface area contributed by atoms with Crippen molar-refractivity contribution in [2.24, 2.45) is 0 Å². The lowest BCUT2D eigenvalue weighted by molar-refractivity contribution is 0.727. The van der Waals surface area contributed by atoms with Gasteiger partial charge >= 0.3 is 0 Å². The monoisotopic (exact) mass is 321 g/mol. The van der Waals surface area contributed by atoms with E-state index in [1.54, 1.807) is 11.3 Å². The van der Waals surface area contributed by atoms with Crippen molar-refractivity contribution in [1.29, 1.82) is 0 Å². The molecule has 1 aliphatic rings. The second-order valence-corrected chi connectivity index (χ2v) is 7.33. The lowest BCUT2D eigenvalue weighted by Gasteiger charge is -2.20. The van der Waals surface area contributed by atoms with Crippen LogP contribution in [0.3, 0.4) is 0 Å². The third kappa shape index (κ3) is 3.65. The number of thiophene rings is 1. The highest BCUT2D eigenvalue weighted by Gasteiger charge is 2.31. The molecule has 0 radical (unpaired) electrons. The lowest BCUT2D eigenvalue weighted by Crippen LogP contribution is -2.24. The van der Waals surface area contributed by atoms with E-state index in [0.29, 0.717) is 6.04 Å². The van der Waals surface area contributed by atoms with Crippen LogP contribution in [0.15, 0.2) is 16.8 Å². The van der Waals surface area contributed by atoms with E-state index in [0.717, 1.165) is 26.1 Å². The van der Waals surface area contributed by atoms with Crippen molar-refractivity contribution in [3.05, 3.63) is 33.0 Å².